The number of fused-ring (bicyclic) bond motifs is 1. The van der Waals surface area contributed by atoms with E-state index >= 15 is 0 Å². The standard InChI is InChI=1S/C25H27N3O5/c26-24(31)22(13-19-11-6-10-18-9-4-5-12-21(18)19)28-23(30)14-20(29)15-27-25(32)33-16-17-7-2-1-3-8-17/h1-12,20,22,29H,13-16H2,(H2,26,31)(H,27,32)(H,28,30)/t20-,22+/m1/s1. The lowest BCUT2D eigenvalue weighted by atomic mass is 9.98. The fourth-order valence-corrected chi connectivity index (χ4v) is 3.43. The molecular formula is C25H27N3O5. The van der Waals surface area contributed by atoms with Crippen LogP contribution in [0.4, 0.5) is 4.79 Å². The van der Waals surface area contributed by atoms with E-state index in [4.69, 9.17) is 10.5 Å². The van der Waals surface area contributed by atoms with Gasteiger partial charge in [-0.2, -0.15) is 0 Å². The highest BCUT2D eigenvalue weighted by atomic mass is 16.5. The minimum atomic E-state index is -1.15. The zero-order valence-electron chi connectivity index (χ0n) is 18.1. The summed E-state index contributed by atoms with van der Waals surface area (Å²) in [7, 11) is 0. The Kier molecular flexibility index (Phi) is 8.37. The summed E-state index contributed by atoms with van der Waals surface area (Å²) in [5.74, 6) is -1.22. The van der Waals surface area contributed by atoms with E-state index in [1.807, 2.05) is 72.8 Å². The average molecular weight is 450 g/mol. The van der Waals surface area contributed by atoms with Crippen LogP contribution < -0.4 is 16.4 Å². The van der Waals surface area contributed by atoms with Crippen LogP contribution in [-0.2, 0) is 27.4 Å². The molecule has 3 aromatic rings. The minimum Gasteiger partial charge on any atom is -0.445 e. The summed E-state index contributed by atoms with van der Waals surface area (Å²) in [5.41, 5.74) is 7.20. The van der Waals surface area contributed by atoms with Gasteiger partial charge in [-0.3, -0.25) is 9.59 Å². The predicted octanol–water partition coefficient (Wildman–Crippen LogP) is 2.03. The quantitative estimate of drug-likeness (QED) is 0.376. The molecule has 8 nitrogen and oxygen atoms in total. The third-order valence-corrected chi connectivity index (χ3v) is 5.10. The number of benzene rings is 3. The zero-order chi connectivity index (χ0) is 23.6. The van der Waals surface area contributed by atoms with Crippen molar-refractivity contribution in [3.8, 4) is 0 Å². The lowest BCUT2D eigenvalue weighted by Crippen LogP contribution is -2.47. The molecule has 0 saturated carbocycles. The van der Waals surface area contributed by atoms with Crippen molar-refractivity contribution in [2.75, 3.05) is 6.54 Å². The maximum atomic E-state index is 12.4. The molecule has 0 spiro atoms. The molecule has 0 aliphatic heterocycles. The highest BCUT2D eigenvalue weighted by Gasteiger charge is 2.21. The minimum absolute atomic E-state index is 0.0950. The summed E-state index contributed by atoms with van der Waals surface area (Å²) in [4.78, 5) is 36.1. The third-order valence-electron chi connectivity index (χ3n) is 5.10. The number of amides is 3. The van der Waals surface area contributed by atoms with Crippen LogP contribution in [0.5, 0.6) is 0 Å². The molecule has 0 saturated heterocycles. The fraction of sp³-hybridized carbons (Fsp3) is 0.240. The number of rotatable bonds is 10. The number of carbonyl (C=O) groups is 3. The van der Waals surface area contributed by atoms with Gasteiger partial charge in [0.2, 0.25) is 11.8 Å². The smallest absolute Gasteiger partial charge is 0.407 e. The van der Waals surface area contributed by atoms with Crippen LogP contribution >= 0.6 is 0 Å². The predicted molar refractivity (Wildman–Crippen MR) is 124 cm³/mol. The van der Waals surface area contributed by atoms with Gasteiger partial charge in [-0.05, 0) is 21.9 Å². The number of carbonyl (C=O) groups excluding carboxylic acids is 3. The molecule has 0 unspecified atom stereocenters. The van der Waals surface area contributed by atoms with Crippen LogP contribution in [0, 0.1) is 0 Å². The van der Waals surface area contributed by atoms with E-state index in [-0.39, 0.29) is 26.0 Å². The summed E-state index contributed by atoms with van der Waals surface area (Å²) in [6.07, 6.45) is -1.94. The van der Waals surface area contributed by atoms with E-state index in [1.54, 1.807) is 0 Å². The number of alkyl carbamates (subject to hydrolysis) is 1. The van der Waals surface area contributed by atoms with E-state index in [2.05, 4.69) is 10.6 Å². The van der Waals surface area contributed by atoms with E-state index in [9.17, 15) is 19.5 Å². The first kappa shape index (κ1) is 23.7. The lowest BCUT2D eigenvalue weighted by Gasteiger charge is -2.18. The van der Waals surface area contributed by atoms with Crippen molar-refractivity contribution < 1.29 is 24.2 Å². The van der Waals surface area contributed by atoms with Gasteiger partial charge in [0.25, 0.3) is 0 Å². The van der Waals surface area contributed by atoms with Crippen molar-refractivity contribution in [1.29, 1.82) is 0 Å². The van der Waals surface area contributed by atoms with Crippen molar-refractivity contribution in [2.24, 2.45) is 5.73 Å². The van der Waals surface area contributed by atoms with Crippen molar-refractivity contribution in [2.45, 2.75) is 31.6 Å². The van der Waals surface area contributed by atoms with E-state index in [1.165, 1.54) is 0 Å². The highest BCUT2D eigenvalue weighted by molar-refractivity contribution is 5.89. The number of nitrogens with one attached hydrogen (secondary N) is 2. The second-order valence-electron chi connectivity index (χ2n) is 7.67. The molecule has 3 aromatic carbocycles. The molecule has 2 atom stereocenters. The third kappa shape index (κ3) is 7.33. The second kappa shape index (κ2) is 11.6. The van der Waals surface area contributed by atoms with E-state index < -0.39 is 30.1 Å². The number of ether oxygens (including phenoxy) is 1. The first-order valence-electron chi connectivity index (χ1n) is 10.6. The van der Waals surface area contributed by atoms with Gasteiger partial charge in [-0.25, -0.2) is 4.79 Å². The van der Waals surface area contributed by atoms with Gasteiger partial charge in [0.1, 0.15) is 12.6 Å². The van der Waals surface area contributed by atoms with E-state index in [0.717, 1.165) is 21.9 Å². The zero-order valence-corrected chi connectivity index (χ0v) is 18.1. The summed E-state index contributed by atoms with van der Waals surface area (Å²) in [6, 6.07) is 21.7. The van der Waals surface area contributed by atoms with Gasteiger partial charge in [-0.1, -0.05) is 72.8 Å². The first-order chi connectivity index (χ1) is 15.9. The highest BCUT2D eigenvalue weighted by Crippen LogP contribution is 2.19. The largest absolute Gasteiger partial charge is 0.445 e. The number of hydrogen-bond donors (Lipinski definition) is 4. The summed E-state index contributed by atoms with van der Waals surface area (Å²) < 4.78 is 5.06. The van der Waals surface area contributed by atoms with Crippen LogP contribution in [0.2, 0.25) is 0 Å². The van der Waals surface area contributed by atoms with Crippen molar-refractivity contribution in [1.82, 2.24) is 10.6 Å². The van der Waals surface area contributed by atoms with Gasteiger partial charge in [0.05, 0.1) is 12.5 Å². The fourth-order valence-electron chi connectivity index (χ4n) is 3.43. The Labute approximate surface area is 191 Å². The van der Waals surface area contributed by atoms with Crippen LogP contribution in [0.1, 0.15) is 17.5 Å². The Morgan fingerprint density at radius 3 is 2.39 bits per heavy atom. The van der Waals surface area contributed by atoms with Crippen LogP contribution in [0.15, 0.2) is 72.8 Å². The monoisotopic (exact) mass is 449 g/mol. The SMILES string of the molecule is NC(=O)[C@H](Cc1cccc2ccccc12)NC(=O)C[C@@H](O)CNC(=O)OCc1ccccc1. The summed E-state index contributed by atoms with van der Waals surface area (Å²) in [5, 5.41) is 17.1. The molecule has 0 heterocycles. The van der Waals surface area contributed by atoms with Gasteiger partial charge in [-0.15, -0.1) is 0 Å². The summed E-state index contributed by atoms with van der Waals surface area (Å²) >= 11 is 0. The molecule has 0 aliphatic carbocycles. The molecule has 0 aromatic heterocycles. The Morgan fingerprint density at radius 1 is 0.939 bits per heavy atom. The average Bonchev–Trinajstić information content (AvgIpc) is 2.81. The van der Waals surface area contributed by atoms with Gasteiger partial charge >= 0.3 is 6.09 Å². The number of primary amides is 1. The van der Waals surface area contributed by atoms with Crippen LogP contribution in [-0.4, -0.2) is 41.7 Å². The second-order valence-corrected chi connectivity index (χ2v) is 7.67. The number of aliphatic hydroxyl groups excluding tert-OH is 1. The Morgan fingerprint density at radius 2 is 1.64 bits per heavy atom. The number of hydrogen-bond acceptors (Lipinski definition) is 5. The van der Waals surface area contributed by atoms with Gasteiger partial charge in [0, 0.05) is 13.0 Å². The molecule has 0 aliphatic rings. The molecule has 8 heteroatoms. The summed E-state index contributed by atoms with van der Waals surface area (Å²) in [6.45, 7) is -0.0800. The maximum absolute atomic E-state index is 12.4. The Bertz CT molecular complexity index is 1100. The van der Waals surface area contributed by atoms with Crippen molar-refractivity contribution >= 4 is 28.7 Å². The normalized spacial score (nSPS) is 12.5. The van der Waals surface area contributed by atoms with Crippen molar-refractivity contribution in [3.05, 3.63) is 83.9 Å². The van der Waals surface area contributed by atoms with E-state index in [0.29, 0.717) is 0 Å². The molecular weight excluding hydrogens is 422 g/mol. The van der Waals surface area contributed by atoms with Gasteiger partial charge in [0.15, 0.2) is 0 Å². The lowest BCUT2D eigenvalue weighted by molar-refractivity contribution is -0.128. The molecule has 33 heavy (non-hydrogen) atoms. The Balaban J connectivity index is 1.47. The Hall–Kier alpha value is -3.91. The van der Waals surface area contributed by atoms with Gasteiger partial charge < -0.3 is 26.2 Å². The number of nitrogens with two attached hydrogens (primary N) is 1. The number of aliphatic hydroxyl groups is 1. The molecule has 0 radical (unpaired) electrons. The van der Waals surface area contributed by atoms with Crippen LogP contribution in [0.25, 0.3) is 10.8 Å². The topological polar surface area (TPSA) is 131 Å². The maximum Gasteiger partial charge on any atom is 0.407 e. The molecule has 172 valence electrons. The van der Waals surface area contributed by atoms with Crippen molar-refractivity contribution in [3.63, 3.8) is 0 Å². The first-order valence-corrected chi connectivity index (χ1v) is 10.6. The molecule has 3 rings (SSSR count). The molecule has 0 bridgehead atoms. The molecule has 0 fully saturated rings. The molecule has 3 amide bonds. The molecule has 5 N–H and O–H groups in total. The van der Waals surface area contributed by atoms with Crippen LogP contribution in [0.3, 0.4) is 0 Å².